The van der Waals surface area contributed by atoms with Crippen LogP contribution < -0.4 is 10.9 Å². The summed E-state index contributed by atoms with van der Waals surface area (Å²) in [6, 6.07) is 10.2. The number of H-pyrrole nitrogens is 1. The van der Waals surface area contributed by atoms with Crippen molar-refractivity contribution >= 4 is 29.4 Å². The molecule has 178 valence electrons. The molecule has 1 fully saturated rings. The highest BCUT2D eigenvalue weighted by Gasteiger charge is 2.34. The summed E-state index contributed by atoms with van der Waals surface area (Å²) in [7, 11) is 0. The van der Waals surface area contributed by atoms with E-state index >= 15 is 0 Å². The van der Waals surface area contributed by atoms with Gasteiger partial charge in [0.1, 0.15) is 5.70 Å². The molecule has 1 saturated heterocycles. The predicted octanol–water partition coefficient (Wildman–Crippen LogP) is 2.64. The number of carbonyl (C=O) groups is 2. The van der Waals surface area contributed by atoms with Crippen molar-refractivity contribution in [2.24, 2.45) is 0 Å². The molecule has 13 nitrogen and oxygen atoms in total. The molecule has 0 spiro atoms. The largest absolute Gasteiger partial charge is 0.329 e. The van der Waals surface area contributed by atoms with E-state index in [1.807, 2.05) is 0 Å². The number of nitro benzene ring substituents is 2. The van der Waals surface area contributed by atoms with Crippen molar-refractivity contribution in [3.8, 4) is 5.69 Å². The first-order valence-corrected chi connectivity index (χ1v) is 10.4. The Morgan fingerprint density at radius 3 is 2.29 bits per heavy atom. The molecular weight excluding hydrogens is 460 g/mol. The maximum Gasteiger partial charge on any atom is 0.329 e. The Labute approximate surface area is 196 Å². The van der Waals surface area contributed by atoms with Gasteiger partial charge in [0.15, 0.2) is 0 Å². The van der Waals surface area contributed by atoms with Gasteiger partial charge >= 0.3 is 6.03 Å². The molecule has 35 heavy (non-hydrogen) atoms. The number of carbonyl (C=O) groups excluding carboxylic acids is 2. The van der Waals surface area contributed by atoms with Crippen LogP contribution in [0.2, 0.25) is 0 Å². The van der Waals surface area contributed by atoms with Crippen LogP contribution >= 0.6 is 0 Å². The Balaban J connectivity index is 1.64. The Morgan fingerprint density at radius 2 is 1.66 bits per heavy atom. The fraction of sp³-hybridized carbons (Fsp3) is 0.136. The minimum Gasteiger partial charge on any atom is -0.303 e. The number of amides is 3. The van der Waals surface area contributed by atoms with Gasteiger partial charge in [0.2, 0.25) is 0 Å². The first-order valence-electron chi connectivity index (χ1n) is 10.4. The maximum atomic E-state index is 13.1. The molecule has 3 amide bonds. The average molecular weight is 478 g/mol. The van der Waals surface area contributed by atoms with Crippen molar-refractivity contribution in [1.29, 1.82) is 0 Å². The van der Waals surface area contributed by atoms with Crippen molar-refractivity contribution in [3.05, 3.63) is 102 Å². The second-order valence-corrected chi connectivity index (χ2v) is 7.58. The number of rotatable bonds is 7. The zero-order valence-electron chi connectivity index (χ0n) is 18.3. The molecule has 0 radical (unpaired) electrons. The second-order valence-electron chi connectivity index (χ2n) is 7.58. The van der Waals surface area contributed by atoms with Gasteiger partial charge in [0.05, 0.1) is 27.6 Å². The lowest BCUT2D eigenvalue weighted by Gasteiger charge is -2.11. The average Bonchev–Trinajstić information content (AvgIpc) is 3.30. The van der Waals surface area contributed by atoms with Crippen LogP contribution in [0.3, 0.4) is 0 Å². The van der Waals surface area contributed by atoms with Crippen molar-refractivity contribution in [2.45, 2.75) is 19.9 Å². The number of urea groups is 1. The number of hydrogen-bond donors (Lipinski definition) is 2. The summed E-state index contributed by atoms with van der Waals surface area (Å²) in [5, 5.41) is 27.2. The Hall–Kier alpha value is -5.07. The van der Waals surface area contributed by atoms with Crippen LogP contribution in [0.5, 0.6) is 0 Å². The molecule has 2 aromatic carbocycles. The third-order valence-corrected chi connectivity index (χ3v) is 5.39. The summed E-state index contributed by atoms with van der Waals surface area (Å²) >= 11 is 0. The van der Waals surface area contributed by atoms with Gasteiger partial charge in [0, 0.05) is 30.0 Å². The van der Waals surface area contributed by atoms with Crippen LogP contribution in [0.25, 0.3) is 11.8 Å². The summed E-state index contributed by atoms with van der Waals surface area (Å²) in [5.41, 5.74) is 0.442. The first-order chi connectivity index (χ1) is 16.7. The van der Waals surface area contributed by atoms with Gasteiger partial charge in [0.25, 0.3) is 22.8 Å². The highest BCUT2D eigenvalue weighted by atomic mass is 16.6. The Bertz CT molecular complexity index is 1450. The number of aromatic amines is 1. The van der Waals surface area contributed by atoms with E-state index in [0.717, 1.165) is 4.90 Å². The highest BCUT2D eigenvalue weighted by molar-refractivity contribution is 6.13. The van der Waals surface area contributed by atoms with Gasteiger partial charge in [-0.15, -0.1) is 0 Å². The number of aromatic nitrogens is 2. The smallest absolute Gasteiger partial charge is 0.303 e. The highest BCUT2D eigenvalue weighted by Crippen LogP contribution is 2.21. The molecule has 0 atom stereocenters. The Morgan fingerprint density at radius 1 is 0.971 bits per heavy atom. The van der Waals surface area contributed by atoms with E-state index in [1.165, 1.54) is 53.2 Å². The fourth-order valence-corrected chi connectivity index (χ4v) is 3.63. The normalized spacial score (nSPS) is 14.4. The molecule has 0 saturated carbocycles. The lowest BCUT2D eigenvalue weighted by molar-refractivity contribution is -0.385. The standard InChI is InChI=1S/C22H18N6O7/c1-2-18-17(20(29)26(24-18)14-6-8-15(9-7-14)27(32)33)11-19-21(30)25(22(31)23-19)12-13-4-3-5-16(10-13)28(34)35/h3-11,24H,2,12H2,1H3,(H,23,31)/b19-11-. The summed E-state index contributed by atoms with van der Waals surface area (Å²) in [4.78, 5) is 60.0. The van der Waals surface area contributed by atoms with Crippen molar-refractivity contribution in [2.75, 3.05) is 0 Å². The summed E-state index contributed by atoms with van der Waals surface area (Å²) in [6.07, 6.45) is 1.67. The molecule has 1 aliphatic heterocycles. The molecular formula is C22H18N6O7. The number of nitrogens with zero attached hydrogens (tertiary/aromatic N) is 4. The summed E-state index contributed by atoms with van der Waals surface area (Å²) in [5.74, 6) is -0.689. The summed E-state index contributed by atoms with van der Waals surface area (Å²) < 4.78 is 1.19. The van der Waals surface area contributed by atoms with E-state index in [1.54, 1.807) is 13.0 Å². The van der Waals surface area contributed by atoms with Gasteiger partial charge in [-0.05, 0) is 30.2 Å². The van der Waals surface area contributed by atoms with E-state index < -0.39 is 27.3 Å². The number of non-ortho nitro benzene ring substituents is 2. The third-order valence-electron chi connectivity index (χ3n) is 5.39. The molecule has 3 aromatic rings. The van der Waals surface area contributed by atoms with Crippen LogP contribution in [0.1, 0.15) is 23.7 Å². The van der Waals surface area contributed by atoms with Crippen molar-refractivity contribution < 1.29 is 19.4 Å². The molecule has 4 rings (SSSR count). The maximum absolute atomic E-state index is 13.1. The van der Waals surface area contributed by atoms with Crippen LogP contribution in [-0.2, 0) is 17.8 Å². The van der Waals surface area contributed by atoms with Crippen molar-refractivity contribution in [3.63, 3.8) is 0 Å². The van der Waals surface area contributed by atoms with Crippen LogP contribution in [0, 0.1) is 20.2 Å². The molecule has 13 heteroatoms. The fourth-order valence-electron chi connectivity index (χ4n) is 3.63. The lowest BCUT2D eigenvalue weighted by atomic mass is 10.1. The van der Waals surface area contributed by atoms with Gasteiger partial charge in [-0.2, -0.15) is 0 Å². The van der Waals surface area contributed by atoms with Crippen LogP contribution in [0.4, 0.5) is 16.2 Å². The number of nitrogens with one attached hydrogen (secondary N) is 2. The monoisotopic (exact) mass is 478 g/mol. The Kier molecular flexibility index (Phi) is 5.97. The zero-order chi connectivity index (χ0) is 25.3. The van der Waals surface area contributed by atoms with E-state index in [-0.39, 0.29) is 29.2 Å². The second kappa shape index (κ2) is 9.05. The quantitative estimate of drug-likeness (QED) is 0.227. The topological polar surface area (TPSA) is 173 Å². The van der Waals surface area contributed by atoms with Crippen LogP contribution in [-0.4, -0.2) is 36.5 Å². The minimum atomic E-state index is -0.725. The molecule has 1 aromatic heterocycles. The molecule has 0 unspecified atom stereocenters. The number of nitro groups is 2. The van der Waals surface area contributed by atoms with E-state index in [2.05, 4.69) is 10.4 Å². The van der Waals surface area contributed by atoms with Crippen molar-refractivity contribution in [1.82, 2.24) is 20.0 Å². The van der Waals surface area contributed by atoms with Crippen LogP contribution in [0.15, 0.2) is 59.0 Å². The van der Waals surface area contributed by atoms with E-state index in [0.29, 0.717) is 23.4 Å². The van der Waals surface area contributed by atoms with Gasteiger partial charge < -0.3 is 5.32 Å². The van der Waals surface area contributed by atoms with E-state index in [4.69, 9.17) is 0 Å². The third kappa shape index (κ3) is 4.42. The molecule has 2 heterocycles. The van der Waals surface area contributed by atoms with Gasteiger partial charge in [-0.25, -0.2) is 9.48 Å². The van der Waals surface area contributed by atoms with E-state index in [9.17, 15) is 34.6 Å². The SMILES string of the molecule is CCc1[nH]n(-c2ccc([N+](=O)[O-])cc2)c(=O)c1/C=C1\NC(=O)N(Cc2cccc([N+](=O)[O-])c2)C1=O. The number of aryl methyl sites for hydroxylation is 1. The zero-order valence-corrected chi connectivity index (χ0v) is 18.3. The molecule has 0 bridgehead atoms. The minimum absolute atomic E-state index is 0.123. The first kappa shape index (κ1) is 23.1. The molecule has 2 N–H and O–H groups in total. The predicted molar refractivity (Wildman–Crippen MR) is 123 cm³/mol. The lowest BCUT2D eigenvalue weighted by Crippen LogP contribution is -2.30. The number of imide groups is 1. The number of hydrogen-bond acceptors (Lipinski definition) is 7. The van der Waals surface area contributed by atoms with Gasteiger partial charge in [-0.1, -0.05) is 19.1 Å². The molecule has 0 aliphatic carbocycles. The summed E-state index contributed by atoms with van der Waals surface area (Å²) in [6.45, 7) is 1.60. The molecule has 1 aliphatic rings. The van der Waals surface area contributed by atoms with Gasteiger partial charge in [-0.3, -0.25) is 39.8 Å². The number of benzene rings is 2.